The van der Waals surface area contributed by atoms with Crippen LogP contribution >= 0.6 is 0 Å². The summed E-state index contributed by atoms with van der Waals surface area (Å²) in [5.74, 6) is -0.158. The Morgan fingerprint density at radius 1 is 1.38 bits per heavy atom. The second-order valence-corrected chi connectivity index (χ2v) is 6.38. The molecule has 0 fully saturated rings. The van der Waals surface area contributed by atoms with Crippen LogP contribution < -0.4 is 10.2 Å². The molecular formula is C15H20N2O4. The molecule has 21 heavy (non-hydrogen) atoms. The van der Waals surface area contributed by atoms with Gasteiger partial charge in [0.05, 0.1) is 18.3 Å². The number of ether oxygens (including phenoxy) is 1. The number of carbonyl (C=O) groups is 1. The Bertz CT molecular complexity index is 692. The van der Waals surface area contributed by atoms with Crippen LogP contribution in [0.5, 0.6) is 5.75 Å². The highest BCUT2D eigenvalue weighted by Crippen LogP contribution is 2.47. The zero-order chi connectivity index (χ0) is 15.6. The van der Waals surface area contributed by atoms with E-state index in [-0.39, 0.29) is 22.8 Å². The first kappa shape index (κ1) is 14.1. The van der Waals surface area contributed by atoms with Gasteiger partial charge in [-0.2, -0.15) is 0 Å². The van der Waals surface area contributed by atoms with Crippen molar-refractivity contribution in [2.24, 2.45) is 0 Å². The molecule has 3 heterocycles. The van der Waals surface area contributed by atoms with Gasteiger partial charge in [0.2, 0.25) is 5.43 Å². The molecule has 0 spiro atoms. The third-order valence-corrected chi connectivity index (χ3v) is 4.60. The van der Waals surface area contributed by atoms with Crippen molar-refractivity contribution in [3.8, 4) is 5.75 Å². The molecule has 0 radical (unpaired) electrons. The highest BCUT2D eigenvalue weighted by molar-refractivity contribution is 5.96. The zero-order valence-electron chi connectivity index (χ0n) is 12.8. The summed E-state index contributed by atoms with van der Waals surface area (Å²) in [6, 6.07) is 1.39. The summed E-state index contributed by atoms with van der Waals surface area (Å²) in [7, 11) is 1.39. The van der Waals surface area contributed by atoms with E-state index in [1.807, 2.05) is 18.4 Å². The molecule has 2 aliphatic heterocycles. The van der Waals surface area contributed by atoms with E-state index in [4.69, 9.17) is 4.74 Å². The number of pyridine rings is 1. The largest absolute Gasteiger partial charge is 0.491 e. The van der Waals surface area contributed by atoms with Gasteiger partial charge in [0, 0.05) is 25.6 Å². The van der Waals surface area contributed by atoms with Gasteiger partial charge in [0.15, 0.2) is 11.4 Å². The van der Waals surface area contributed by atoms with Gasteiger partial charge in [-0.1, -0.05) is 0 Å². The Balaban J connectivity index is 2.41. The Hall–Kier alpha value is -1.82. The summed E-state index contributed by atoms with van der Waals surface area (Å²) in [5, 5.41) is 10.7. The average Bonchev–Trinajstić information content (AvgIpc) is 2.60. The van der Waals surface area contributed by atoms with Crippen molar-refractivity contribution < 1.29 is 14.6 Å². The number of rotatable bonds is 2. The third kappa shape index (κ3) is 1.68. The first-order valence-electron chi connectivity index (χ1n) is 7.12. The number of carbonyl (C=O) groups excluding carboxylic acids is 1. The lowest BCUT2D eigenvalue weighted by atomic mass is 9.89. The molecule has 1 aromatic heterocycles. The lowest BCUT2D eigenvalue weighted by Gasteiger charge is -2.40. The number of hydrogen-bond donors (Lipinski definition) is 1. The van der Waals surface area contributed by atoms with Crippen molar-refractivity contribution >= 4 is 5.91 Å². The summed E-state index contributed by atoms with van der Waals surface area (Å²) in [6.45, 7) is 6.66. The summed E-state index contributed by atoms with van der Waals surface area (Å²) < 4.78 is 7.00. The smallest absolute Gasteiger partial charge is 0.274 e. The molecule has 1 aromatic rings. The van der Waals surface area contributed by atoms with Crippen molar-refractivity contribution in [1.29, 1.82) is 0 Å². The SMILES string of the molecule is CCN1CC2(C)CC(C)(O)c3cc(=O)c(OC)c(n32)C1=O. The molecule has 2 atom stereocenters. The lowest BCUT2D eigenvalue weighted by Crippen LogP contribution is -2.51. The van der Waals surface area contributed by atoms with Crippen LogP contribution in [0, 0.1) is 0 Å². The van der Waals surface area contributed by atoms with Gasteiger partial charge in [0.1, 0.15) is 5.60 Å². The van der Waals surface area contributed by atoms with Gasteiger partial charge >= 0.3 is 0 Å². The van der Waals surface area contributed by atoms with Crippen LogP contribution in [-0.2, 0) is 11.1 Å². The average molecular weight is 292 g/mol. The Kier molecular flexibility index (Phi) is 2.76. The fraction of sp³-hybridized carbons (Fsp3) is 0.600. The molecule has 114 valence electrons. The lowest BCUT2D eigenvalue weighted by molar-refractivity contribution is 0.0291. The third-order valence-electron chi connectivity index (χ3n) is 4.60. The molecule has 6 heteroatoms. The number of aromatic nitrogens is 1. The predicted molar refractivity (Wildman–Crippen MR) is 76.7 cm³/mol. The van der Waals surface area contributed by atoms with Crippen LogP contribution in [0.3, 0.4) is 0 Å². The standard InChI is InChI=1S/C15H20N2O4/c1-5-16-8-14(2)7-15(3,20)10-6-9(18)12(21-4)11(13(16)19)17(10)14/h6,20H,5,7-8H2,1-4H3. The van der Waals surface area contributed by atoms with E-state index in [0.717, 1.165) is 0 Å². The molecule has 1 N–H and O–H groups in total. The van der Waals surface area contributed by atoms with Gasteiger partial charge in [0.25, 0.3) is 5.91 Å². The first-order valence-corrected chi connectivity index (χ1v) is 7.12. The minimum absolute atomic E-state index is 0.0609. The van der Waals surface area contributed by atoms with Crippen LogP contribution in [0.1, 0.15) is 43.4 Å². The quantitative estimate of drug-likeness (QED) is 0.869. The van der Waals surface area contributed by atoms with Crippen molar-refractivity contribution in [2.45, 2.75) is 38.3 Å². The summed E-state index contributed by atoms with van der Waals surface area (Å²) in [6.07, 6.45) is 0.462. The highest BCUT2D eigenvalue weighted by atomic mass is 16.5. The molecule has 0 bridgehead atoms. The fourth-order valence-electron chi connectivity index (χ4n) is 3.87. The zero-order valence-corrected chi connectivity index (χ0v) is 12.8. The maximum Gasteiger partial charge on any atom is 0.274 e. The predicted octanol–water partition coefficient (Wildman–Crippen LogP) is 0.659. The number of aliphatic hydroxyl groups is 1. The van der Waals surface area contributed by atoms with Gasteiger partial charge in [-0.25, -0.2) is 0 Å². The van der Waals surface area contributed by atoms with Crippen LogP contribution in [0.25, 0.3) is 0 Å². The molecule has 6 nitrogen and oxygen atoms in total. The number of amides is 1. The maximum absolute atomic E-state index is 12.7. The molecule has 0 saturated heterocycles. The van der Waals surface area contributed by atoms with Gasteiger partial charge in [-0.15, -0.1) is 0 Å². The molecular weight excluding hydrogens is 272 g/mol. The molecule has 0 aliphatic carbocycles. The first-order chi connectivity index (χ1) is 9.75. The summed E-state index contributed by atoms with van der Waals surface area (Å²) >= 11 is 0. The molecule has 2 unspecified atom stereocenters. The van der Waals surface area contributed by atoms with E-state index in [1.165, 1.54) is 13.2 Å². The molecule has 0 saturated carbocycles. The summed E-state index contributed by atoms with van der Waals surface area (Å²) in [4.78, 5) is 26.6. The van der Waals surface area contributed by atoms with E-state index in [2.05, 4.69) is 0 Å². The maximum atomic E-state index is 12.7. The van der Waals surface area contributed by atoms with E-state index in [0.29, 0.717) is 25.2 Å². The highest BCUT2D eigenvalue weighted by Gasteiger charge is 2.52. The van der Waals surface area contributed by atoms with Crippen LogP contribution in [-0.4, -0.2) is 40.7 Å². The van der Waals surface area contributed by atoms with Gasteiger partial charge < -0.3 is 19.3 Å². The molecule has 0 aromatic carbocycles. The number of hydrogen-bond acceptors (Lipinski definition) is 4. The molecule has 1 amide bonds. The van der Waals surface area contributed by atoms with Crippen molar-refractivity contribution in [3.05, 3.63) is 27.7 Å². The van der Waals surface area contributed by atoms with Crippen molar-refractivity contribution in [1.82, 2.24) is 9.47 Å². The Morgan fingerprint density at radius 2 is 2.05 bits per heavy atom. The van der Waals surface area contributed by atoms with E-state index in [1.54, 1.807) is 11.8 Å². The minimum Gasteiger partial charge on any atom is -0.491 e. The number of likely N-dealkylation sites (N-methyl/N-ethyl adjacent to an activating group) is 1. The monoisotopic (exact) mass is 292 g/mol. The van der Waals surface area contributed by atoms with E-state index in [9.17, 15) is 14.7 Å². The minimum atomic E-state index is -1.13. The van der Waals surface area contributed by atoms with E-state index < -0.39 is 11.1 Å². The van der Waals surface area contributed by atoms with Crippen LogP contribution in [0.2, 0.25) is 0 Å². The summed E-state index contributed by atoms with van der Waals surface area (Å²) in [5.41, 5.74) is -1.17. The van der Waals surface area contributed by atoms with Crippen LogP contribution in [0.15, 0.2) is 10.9 Å². The number of methoxy groups -OCH3 is 1. The van der Waals surface area contributed by atoms with Gasteiger partial charge in [-0.3, -0.25) is 9.59 Å². The molecule has 3 rings (SSSR count). The van der Waals surface area contributed by atoms with Crippen molar-refractivity contribution in [2.75, 3.05) is 20.2 Å². The molecule has 2 aliphatic rings. The Labute approximate surface area is 122 Å². The Morgan fingerprint density at radius 3 is 2.62 bits per heavy atom. The van der Waals surface area contributed by atoms with Crippen LogP contribution in [0.4, 0.5) is 0 Å². The topological polar surface area (TPSA) is 71.8 Å². The fourth-order valence-corrected chi connectivity index (χ4v) is 3.87. The van der Waals surface area contributed by atoms with Gasteiger partial charge in [-0.05, 0) is 20.8 Å². The van der Waals surface area contributed by atoms with Crippen molar-refractivity contribution in [3.63, 3.8) is 0 Å². The normalized spacial score (nSPS) is 30.5. The van der Waals surface area contributed by atoms with E-state index >= 15 is 0 Å². The second-order valence-electron chi connectivity index (χ2n) is 6.38. The second kappa shape index (κ2) is 4.10. The number of nitrogens with zero attached hydrogens (tertiary/aromatic N) is 2.